The van der Waals surface area contributed by atoms with Gasteiger partial charge in [-0.1, -0.05) is 31.9 Å². The SMILES string of the molecule is CCCCCc1ccc(Oc2ncnc3c2cnn3CC(=O)OC)cc1. The van der Waals surface area contributed by atoms with Crippen molar-refractivity contribution in [1.29, 1.82) is 0 Å². The quantitative estimate of drug-likeness (QED) is 0.455. The summed E-state index contributed by atoms with van der Waals surface area (Å²) in [6.45, 7) is 2.19. The summed E-state index contributed by atoms with van der Waals surface area (Å²) in [5.74, 6) is 0.713. The van der Waals surface area contributed by atoms with Gasteiger partial charge in [-0.3, -0.25) is 4.79 Å². The maximum Gasteiger partial charge on any atom is 0.327 e. The van der Waals surface area contributed by atoms with Gasteiger partial charge in [-0.15, -0.1) is 0 Å². The van der Waals surface area contributed by atoms with Gasteiger partial charge in [0.05, 0.1) is 13.3 Å². The number of hydrogen-bond acceptors (Lipinski definition) is 6. The number of benzene rings is 1. The predicted molar refractivity (Wildman–Crippen MR) is 97.1 cm³/mol. The van der Waals surface area contributed by atoms with E-state index in [0.717, 1.165) is 6.42 Å². The Labute approximate surface area is 152 Å². The summed E-state index contributed by atoms with van der Waals surface area (Å²) in [4.78, 5) is 19.9. The Morgan fingerprint density at radius 1 is 1.15 bits per heavy atom. The lowest BCUT2D eigenvalue weighted by molar-refractivity contribution is -0.141. The molecule has 7 nitrogen and oxygen atoms in total. The fourth-order valence-electron chi connectivity index (χ4n) is 2.67. The standard InChI is InChI=1S/C19H22N4O3/c1-3-4-5-6-14-7-9-15(10-8-14)26-19-16-11-22-23(12-17(24)25-2)18(16)20-13-21-19/h7-11,13H,3-6,12H2,1-2H3. The van der Waals surface area contributed by atoms with Crippen LogP contribution in [0.2, 0.25) is 0 Å². The van der Waals surface area contributed by atoms with Crippen molar-refractivity contribution in [2.45, 2.75) is 39.2 Å². The lowest BCUT2D eigenvalue weighted by Crippen LogP contribution is -2.12. The summed E-state index contributed by atoms with van der Waals surface area (Å²) in [5.41, 5.74) is 1.82. The molecule has 136 valence electrons. The van der Waals surface area contributed by atoms with Crippen molar-refractivity contribution in [2.24, 2.45) is 0 Å². The first kappa shape index (κ1) is 17.8. The van der Waals surface area contributed by atoms with Crippen molar-refractivity contribution in [3.8, 4) is 11.6 Å². The molecular formula is C19H22N4O3. The molecule has 0 radical (unpaired) electrons. The summed E-state index contributed by atoms with van der Waals surface area (Å²) in [6.07, 6.45) is 7.72. The molecule has 3 aromatic rings. The van der Waals surface area contributed by atoms with Gasteiger partial charge in [-0.2, -0.15) is 5.10 Å². The summed E-state index contributed by atoms with van der Waals surface area (Å²) >= 11 is 0. The average Bonchev–Trinajstić information content (AvgIpc) is 3.07. The Morgan fingerprint density at radius 2 is 1.96 bits per heavy atom. The van der Waals surface area contributed by atoms with E-state index in [-0.39, 0.29) is 6.54 Å². The Morgan fingerprint density at radius 3 is 2.69 bits per heavy atom. The molecule has 0 aliphatic rings. The molecule has 1 aromatic carbocycles. The average molecular weight is 354 g/mol. The van der Waals surface area contributed by atoms with E-state index in [1.807, 2.05) is 12.1 Å². The second-order valence-electron chi connectivity index (χ2n) is 6.00. The first-order valence-corrected chi connectivity index (χ1v) is 8.71. The molecule has 0 aliphatic heterocycles. The Hall–Kier alpha value is -2.96. The zero-order valence-electron chi connectivity index (χ0n) is 15.0. The van der Waals surface area contributed by atoms with Crippen LogP contribution in [0.25, 0.3) is 11.0 Å². The molecule has 0 unspecified atom stereocenters. The van der Waals surface area contributed by atoms with E-state index >= 15 is 0 Å². The van der Waals surface area contributed by atoms with Crippen LogP contribution in [0, 0.1) is 0 Å². The Balaban J connectivity index is 1.75. The number of ether oxygens (including phenoxy) is 2. The first-order valence-electron chi connectivity index (χ1n) is 8.71. The van der Waals surface area contributed by atoms with E-state index in [1.165, 1.54) is 42.9 Å². The molecule has 0 atom stereocenters. The number of rotatable bonds is 8. The third-order valence-electron chi connectivity index (χ3n) is 4.11. The van der Waals surface area contributed by atoms with E-state index < -0.39 is 5.97 Å². The molecule has 0 bridgehead atoms. The molecule has 0 spiro atoms. The number of methoxy groups -OCH3 is 1. The molecule has 0 aliphatic carbocycles. The largest absolute Gasteiger partial charge is 0.468 e. The van der Waals surface area contributed by atoms with Gasteiger partial charge < -0.3 is 9.47 Å². The van der Waals surface area contributed by atoms with Gasteiger partial charge in [0.1, 0.15) is 24.0 Å². The number of fused-ring (bicyclic) bond motifs is 1. The minimum atomic E-state index is -0.394. The fourth-order valence-corrected chi connectivity index (χ4v) is 2.67. The molecule has 0 N–H and O–H groups in total. The predicted octanol–water partition coefficient (Wildman–Crippen LogP) is 3.52. The third kappa shape index (κ3) is 4.17. The second-order valence-corrected chi connectivity index (χ2v) is 6.00. The van der Waals surface area contributed by atoms with Gasteiger partial charge in [-0.05, 0) is 30.5 Å². The highest BCUT2D eigenvalue weighted by atomic mass is 16.5. The molecule has 0 amide bonds. The molecule has 26 heavy (non-hydrogen) atoms. The number of unbranched alkanes of at least 4 members (excludes halogenated alkanes) is 2. The van der Waals surface area contributed by atoms with Crippen LogP contribution >= 0.6 is 0 Å². The van der Waals surface area contributed by atoms with E-state index in [9.17, 15) is 4.79 Å². The Kier molecular flexibility index (Phi) is 5.78. The smallest absolute Gasteiger partial charge is 0.327 e. The van der Waals surface area contributed by atoms with E-state index in [2.05, 4.69) is 38.9 Å². The normalized spacial score (nSPS) is 10.8. The zero-order chi connectivity index (χ0) is 18.4. The van der Waals surface area contributed by atoms with Crippen LogP contribution in [0.3, 0.4) is 0 Å². The number of aryl methyl sites for hydroxylation is 1. The van der Waals surface area contributed by atoms with Crippen LogP contribution in [0.15, 0.2) is 36.8 Å². The molecule has 3 rings (SSSR count). The minimum Gasteiger partial charge on any atom is -0.468 e. The van der Waals surface area contributed by atoms with Crippen LogP contribution < -0.4 is 4.74 Å². The van der Waals surface area contributed by atoms with Crippen LogP contribution in [0.5, 0.6) is 11.6 Å². The summed E-state index contributed by atoms with van der Waals surface area (Å²) < 4.78 is 12.0. The van der Waals surface area contributed by atoms with E-state index in [4.69, 9.17) is 4.74 Å². The van der Waals surface area contributed by atoms with E-state index in [1.54, 1.807) is 6.20 Å². The maximum absolute atomic E-state index is 11.5. The number of carbonyl (C=O) groups excluding carboxylic acids is 1. The van der Waals surface area contributed by atoms with Gasteiger partial charge in [0.2, 0.25) is 5.88 Å². The molecule has 0 fully saturated rings. The maximum atomic E-state index is 11.5. The molecular weight excluding hydrogens is 332 g/mol. The minimum absolute atomic E-state index is 0.0110. The highest BCUT2D eigenvalue weighted by molar-refractivity contribution is 5.81. The number of hydrogen-bond donors (Lipinski definition) is 0. The number of nitrogens with zero attached hydrogens (tertiary/aromatic N) is 4. The zero-order valence-corrected chi connectivity index (χ0v) is 15.0. The van der Waals surface area contributed by atoms with Gasteiger partial charge in [-0.25, -0.2) is 14.6 Å². The Bertz CT molecular complexity index is 874. The molecule has 0 saturated carbocycles. The summed E-state index contributed by atoms with van der Waals surface area (Å²) in [6, 6.07) is 8.02. The van der Waals surface area contributed by atoms with Gasteiger partial charge in [0.25, 0.3) is 0 Å². The van der Waals surface area contributed by atoms with Crippen LogP contribution in [-0.4, -0.2) is 32.8 Å². The monoisotopic (exact) mass is 354 g/mol. The summed E-state index contributed by atoms with van der Waals surface area (Å²) in [5, 5.41) is 4.82. The lowest BCUT2D eigenvalue weighted by atomic mass is 10.1. The van der Waals surface area contributed by atoms with Crippen molar-refractivity contribution in [2.75, 3.05) is 7.11 Å². The molecule has 2 aromatic heterocycles. The van der Waals surface area contributed by atoms with Gasteiger partial charge in [0, 0.05) is 0 Å². The molecule has 0 saturated heterocycles. The van der Waals surface area contributed by atoms with Crippen LogP contribution in [0.1, 0.15) is 31.7 Å². The second kappa shape index (κ2) is 8.42. The lowest BCUT2D eigenvalue weighted by Gasteiger charge is -2.07. The van der Waals surface area contributed by atoms with Gasteiger partial charge in [0.15, 0.2) is 5.65 Å². The molecule has 7 heteroatoms. The number of esters is 1. The van der Waals surface area contributed by atoms with Crippen LogP contribution in [-0.2, 0) is 22.5 Å². The summed E-state index contributed by atoms with van der Waals surface area (Å²) in [7, 11) is 1.34. The van der Waals surface area contributed by atoms with Crippen molar-refractivity contribution >= 4 is 17.0 Å². The highest BCUT2D eigenvalue weighted by Gasteiger charge is 2.14. The van der Waals surface area contributed by atoms with Crippen molar-refractivity contribution in [3.63, 3.8) is 0 Å². The third-order valence-corrected chi connectivity index (χ3v) is 4.11. The van der Waals surface area contributed by atoms with Crippen LogP contribution in [0.4, 0.5) is 0 Å². The number of aromatic nitrogens is 4. The van der Waals surface area contributed by atoms with E-state index in [0.29, 0.717) is 22.7 Å². The highest BCUT2D eigenvalue weighted by Crippen LogP contribution is 2.26. The van der Waals surface area contributed by atoms with Crippen molar-refractivity contribution in [1.82, 2.24) is 19.7 Å². The number of carbonyl (C=O) groups is 1. The van der Waals surface area contributed by atoms with Crippen molar-refractivity contribution in [3.05, 3.63) is 42.4 Å². The topological polar surface area (TPSA) is 79.1 Å². The van der Waals surface area contributed by atoms with Gasteiger partial charge >= 0.3 is 5.97 Å². The fraction of sp³-hybridized carbons (Fsp3) is 0.368. The van der Waals surface area contributed by atoms with Crippen molar-refractivity contribution < 1.29 is 14.3 Å². The first-order chi connectivity index (χ1) is 12.7. The molecule has 2 heterocycles.